The van der Waals surface area contributed by atoms with Gasteiger partial charge in [-0.1, -0.05) is 50.2 Å². The minimum atomic E-state index is 0.167. The summed E-state index contributed by atoms with van der Waals surface area (Å²) in [5.74, 6) is 0.167. The van der Waals surface area contributed by atoms with Gasteiger partial charge in [-0.25, -0.2) is 0 Å². The summed E-state index contributed by atoms with van der Waals surface area (Å²) < 4.78 is 0. The number of carbonyl (C=O) groups excluding carboxylic acids is 1. The molecule has 1 rings (SSSR count). The van der Waals surface area contributed by atoms with Crippen LogP contribution in [0.25, 0.3) is 0 Å². The minimum Gasteiger partial charge on any atom is -0.369 e. The molecule has 1 aromatic carbocycles. The standard InChI is InChI=1S/C6H6.C4H10N2.C3H6O.C2H6/c1-2-4-6-5-3-1;1-5-4-6(2)3;1-3(2)4;1-2/h1-6H;4H,1-3H3;1-2H3;1-2H3. The van der Waals surface area contributed by atoms with Gasteiger partial charge in [0.05, 0.1) is 6.34 Å². The first-order valence-corrected chi connectivity index (χ1v) is 6.06. The molecule has 0 fully saturated rings. The van der Waals surface area contributed by atoms with Gasteiger partial charge in [0.1, 0.15) is 5.78 Å². The van der Waals surface area contributed by atoms with Crippen LogP contribution in [-0.4, -0.2) is 38.2 Å². The topological polar surface area (TPSA) is 32.7 Å². The van der Waals surface area contributed by atoms with Crippen molar-refractivity contribution in [3.05, 3.63) is 36.4 Å². The fourth-order valence-corrected chi connectivity index (χ4v) is 0.616. The molecule has 0 aliphatic rings. The van der Waals surface area contributed by atoms with Crippen LogP contribution in [0, 0.1) is 0 Å². The number of hydrogen-bond donors (Lipinski definition) is 0. The molecule has 0 spiro atoms. The van der Waals surface area contributed by atoms with Crippen LogP contribution in [0.15, 0.2) is 41.4 Å². The molecule has 0 saturated carbocycles. The highest BCUT2D eigenvalue weighted by atomic mass is 16.1. The summed E-state index contributed by atoms with van der Waals surface area (Å²) in [5.41, 5.74) is 0. The first kappa shape index (κ1) is 21.6. The fourth-order valence-electron chi connectivity index (χ4n) is 0.616. The average Bonchev–Trinajstić information content (AvgIpc) is 2.34. The summed E-state index contributed by atoms with van der Waals surface area (Å²) in [6.07, 6.45) is 1.75. The molecule has 1 aromatic rings. The van der Waals surface area contributed by atoms with Crippen LogP contribution in [0.2, 0.25) is 0 Å². The average molecular weight is 252 g/mol. The number of hydrogen-bond acceptors (Lipinski definition) is 2. The summed E-state index contributed by atoms with van der Waals surface area (Å²) in [6.45, 7) is 7.06. The molecule has 0 radical (unpaired) electrons. The molecule has 0 N–H and O–H groups in total. The SMILES string of the molecule is CC.CC(C)=O.CN=CN(C)C.c1ccccc1. The molecule has 0 saturated heterocycles. The number of rotatable bonds is 1. The van der Waals surface area contributed by atoms with Crippen LogP contribution >= 0.6 is 0 Å². The van der Waals surface area contributed by atoms with E-state index in [1.807, 2.05) is 69.2 Å². The zero-order valence-corrected chi connectivity index (χ0v) is 12.8. The molecule has 0 atom stereocenters. The van der Waals surface area contributed by atoms with Crippen molar-refractivity contribution < 1.29 is 4.79 Å². The van der Waals surface area contributed by atoms with Gasteiger partial charge in [0.15, 0.2) is 0 Å². The molecule has 3 nitrogen and oxygen atoms in total. The molecule has 104 valence electrons. The lowest BCUT2D eigenvalue weighted by Gasteiger charge is -1.98. The van der Waals surface area contributed by atoms with E-state index in [1.54, 1.807) is 13.4 Å². The van der Waals surface area contributed by atoms with Crippen LogP contribution in [0.3, 0.4) is 0 Å². The van der Waals surface area contributed by atoms with E-state index in [0.717, 1.165) is 0 Å². The van der Waals surface area contributed by atoms with E-state index >= 15 is 0 Å². The highest BCUT2D eigenvalue weighted by Gasteiger charge is 1.67. The lowest BCUT2D eigenvalue weighted by Crippen LogP contribution is -2.06. The Morgan fingerprint density at radius 3 is 1.22 bits per heavy atom. The third-order valence-electron chi connectivity index (χ3n) is 1.01. The van der Waals surface area contributed by atoms with Crippen LogP contribution in [0.5, 0.6) is 0 Å². The maximum Gasteiger partial charge on any atom is 0.126 e. The van der Waals surface area contributed by atoms with Crippen molar-refractivity contribution in [1.82, 2.24) is 4.90 Å². The second kappa shape index (κ2) is 20.7. The Morgan fingerprint density at radius 2 is 1.17 bits per heavy atom. The normalized spacial score (nSPS) is 7.72. The Bertz CT molecular complexity index is 238. The number of benzene rings is 1. The van der Waals surface area contributed by atoms with E-state index in [4.69, 9.17) is 0 Å². The van der Waals surface area contributed by atoms with Gasteiger partial charge in [-0.15, -0.1) is 0 Å². The van der Waals surface area contributed by atoms with Crippen LogP contribution in [0.4, 0.5) is 0 Å². The number of ketones is 1. The quantitative estimate of drug-likeness (QED) is 0.566. The fraction of sp³-hybridized carbons (Fsp3) is 0.467. The summed E-state index contributed by atoms with van der Waals surface area (Å²) >= 11 is 0. The largest absolute Gasteiger partial charge is 0.369 e. The van der Waals surface area contributed by atoms with E-state index in [2.05, 4.69) is 4.99 Å². The molecule has 0 amide bonds. The Labute approximate surface area is 113 Å². The summed E-state index contributed by atoms with van der Waals surface area (Å²) in [5, 5.41) is 0. The third kappa shape index (κ3) is 47.3. The number of Topliss-reactive ketones (excluding diaryl/α,β-unsaturated/α-hetero) is 1. The molecule has 0 heterocycles. The number of nitrogens with zero attached hydrogens (tertiary/aromatic N) is 2. The Kier molecular flexibility index (Phi) is 24.9. The van der Waals surface area contributed by atoms with Gasteiger partial charge < -0.3 is 9.69 Å². The van der Waals surface area contributed by atoms with Gasteiger partial charge in [-0.2, -0.15) is 0 Å². The summed E-state index contributed by atoms with van der Waals surface area (Å²) in [4.78, 5) is 15.1. The molecule has 0 aliphatic heterocycles. The second-order valence-electron chi connectivity index (χ2n) is 3.40. The van der Waals surface area contributed by atoms with Gasteiger partial charge in [-0.3, -0.25) is 4.99 Å². The molecule has 0 bridgehead atoms. The van der Waals surface area contributed by atoms with Crippen LogP contribution in [0.1, 0.15) is 27.7 Å². The van der Waals surface area contributed by atoms with E-state index in [1.165, 1.54) is 13.8 Å². The van der Waals surface area contributed by atoms with Crippen molar-refractivity contribution in [3.63, 3.8) is 0 Å². The van der Waals surface area contributed by atoms with Gasteiger partial charge in [-0.05, 0) is 13.8 Å². The van der Waals surface area contributed by atoms with Gasteiger partial charge in [0.25, 0.3) is 0 Å². The molecule has 18 heavy (non-hydrogen) atoms. The molecule has 0 unspecified atom stereocenters. The zero-order chi connectivity index (χ0) is 14.8. The highest BCUT2D eigenvalue weighted by molar-refractivity contribution is 5.72. The first-order chi connectivity index (χ1) is 8.50. The molecule has 0 aromatic heterocycles. The maximum atomic E-state index is 9.44. The van der Waals surface area contributed by atoms with E-state index in [-0.39, 0.29) is 5.78 Å². The Hall–Kier alpha value is -1.64. The Balaban J connectivity index is -0.000000179. The van der Waals surface area contributed by atoms with Gasteiger partial charge >= 0.3 is 0 Å². The van der Waals surface area contributed by atoms with Gasteiger partial charge in [0.2, 0.25) is 0 Å². The summed E-state index contributed by atoms with van der Waals surface area (Å²) in [7, 11) is 5.62. The summed E-state index contributed by atoms with van der Waals surface area (Å²) in [6, 6.07) is 12.0. The van der Waals surface area contributed by atoms with Gasteiger partial charge in [0, 0.05) is 21.1 Å². The van der Waals surface area contributed by atoms with Crippen molar-refractivity contribution in [2.75, 3.05) is 21.1 Å². The lowest BCUT2D eigenvalue weighted by molar-refractivity contribution is -0.114. The minimum absolute atomic E-state index is 0.167. The molecule has 3 heteroatoms. The maximum absolute atomic E-state index is 9.44. The molecule has 0 aliphatic carbocycles. The second-order valence-corrected chi connectivity index (χ2v) is 3.40. The Morgan fingerprint density at radius 1 is 0.944 bits per heavy atom. The van der Waals surface area contributed by atoms with E-state index in [9.17, 15) is 4.79 Å². The molecular weight excluding hydrogens is 224 g/mol. The van der Waals surface area contributed by atoms with Crippen LogP contribution < -0.4 is 0 Å². The predicted molar refractivity (Wildman–Crippen MR) is 82.2 cm³/mol. The monoisotopic (exact) mass is 252 g/mol. The smallest absolute Gasteiger partial charge is 0.126 e. The van der Waals surface area contributed by atoms with Crippen molar-refractivity contribution in [1.29, 1.82) is 0 Å². The number of aliphatic imine (C=N–C) groups is 1. The predicted octanol–water partition coefficient (Wildman–Crippen LogP) is 3.51. The van der Waals surface area contributed by atoms with Crippen molar-refractivity contribution in [2.24, 2.45) is 4.99 Å². The zero-order valence-electron chi connectivity index (χ0n) is 12.8. The van der Waals surface area contributed by atoms with Crippen molar-refractivity contribution in [3.8, 4) is 0 Å². The van der Waals surface area contributed by atoms with Crippen LogP contribution in [-0.2, 0) is 4.79 Å². The highest BCUT2D eigenvalue weighted by Crippen LogP contribution is 1.79. The third-order valence-corrected chi connectivity index (χ3v) is 1.01. The van der Waals surface area contributed by atoms with E-state index in [0.29, 0.717) is 0 Å². The first-order valence-electron chi connectivity index (χ1n) is 6.06. The lowest BCUT2D eigenvalue weighted by atomic mass is 10.4. The molecular formula is C15H28N2O. The van der Waals surface area contributed by atoms with Crippen molar-refractivity contribution >= 4 is 12.1 Å². The van der Waals surface area contributed by atoms with Crippen molar-refractivity contribution in [2.45, 2.75) is 27.7 Å². The van der Waals surface area contributed by atoms with E-state index < -0.39 is 0 Å². The number of carbonyl (C=O) groups is 1.